The first-order valence-corrected chi connectivity index (χ1v) is 5.22. The number of aliphatic carboxylic acids is 1. The summed E-state index contributed by atoms with van der Waals surface area (Å²) >= 11 is 0. The van der Waals surface area contributed by atoms with Crippen molar-refractivity contribution in [2.24, 2.45) is 11.7 Å². The van der Waals surface area contributed by atoms with Crippen molar-refractivity contribution < 1.29 is 19.4 Å². The number of carbonyl (C=O) groups excluding carboxylic acids is 1. The molecule has 0 aromatic carbocycles. The van der Waals surface area contributed by atoms with Crippen LogP contribution in [0.4, 0.5) is 0 Å². The van der Waals surface area contributed by atoms with E-state index in [9.17, 15) is 9.59 Å². The largest absolute Gasteiger partial charge is 0.481 e. The summed E-state index contributed by atoms with van der Waals surface area (Å²) in [7, 11) is 1.41. The number of ether oxygens (including phenoxy) is 1. The normalized spacial score (nSPS) is 14.2. The number of methoxy groups -OCH3 is 1. The van der Waals surface area contributed by atoms with Crippen LogP contribution in [0.25, 0.3) is 0 Å². The Morgan fingerprint density at radius 2 is 2.06 bits per heavy atom. The number of carboxylic acids is 1. The second-order valence-corrected chi connectivity index (χ2v) is 3.58. The first-order chi connectivity index (χ1) is 7.47. The molecule has 6 nitrogen and oxygen atoms in total. The van der Waals surface area contributed by atoms with E-state index in [4.69, 9.17) is 15.6 Å². The second kappa shape index (κ2) is 7.19. The van der Waals surface area contributed by atoms with Gasteiger partial charge in [-0.2, -0.15) is 0 Å². The molecular formula is C10H20N2O4. The number of nitrogens with two attached hydrogens (primary N) is 1. The summed E-state index contributed by atoms with van der Waals surface area (Å²) in [6.45, 7) is 4.05. The van der Waals surface area contributed by atoms with Gasteiger partial charge < -0.3 is 20.5 Å². The summed E-state index contributed by atoms with van der Waals surface area (Å²) < 4.78 is 4.92. The molecule has 0 radical (unpaired) electrons. The van der Waals surface area contributed by atoms with Crippen molar-refractivity contribution in [1.29, 1.82) is 0 Å². The lowest BCUT2D eigenvalue weighted by atomic mass is 10.1. The Labute approximate surface area is 95.4 Å². The molecule has 0 saturated heterocycles. The monoisotopic (exact) mass is 232 g/mol. The molecule has 3 N–H and O–H groups in total. The van der Waals surface area contributed by atoms with Gasteiger partial charge in [0.15, 0.2) is 0 Å². The Balaban J connectivity index is 4.48. The summed E-state index contributed by atoms with van der Waals surface area (Å²) in [5, 5.41) is 8.77. The SMILES string of the molecule is CCN(CC(C)C(=O)O)C(=O)C(CN)OC. The van der Waals surface area contributed by atoms with Crippen LogP contribution in [0.2, 0.25) is 0 Å². The minimum absolute atomic E-state index is 0.0906. The van der Waals surface area contributed by atoms with Gasteiger partial charge in [-0.05, 0) is 6.92 Å². The molecule has 0 bridgehead atoms. The Kier molecular flexibility index (Phi) is 6.67. The van der Waals surface area contributed by atoms with Gasteiger partial charge in [0.1, 0.15) is 6.10 Å². The van der Waals surface area contributed by atoms with Crippen molar-refractivity contribution in [2.45, 2.75) is 20.0 Å². The molecule has 0 spiro atoms. The first-order valence-electron chi connectivity index (χ1n) is 5.22. The summed E-state index contributed by atoms with van der Waals surface area (Å²) in [5.41, 5.74) is 5.38. The van der Waals surface area contributed by atoms with Crippen LogP contribution >= 0.6 is 0 Å². The quantitative estimate of drug-likeness (QED) is 0.619. The van der Waals surface area contributed by atoms with E-state index in [-0.39, 0.29) is 19.0 Å². The van der Waals surface area contributed by atoms with E-state index in [1.54, 1.807) is 13.8 Å². The van der Waals surface area contributed by atoms with E-state index in [2.05, 4.69) is 0 Å². The average Bonchev–Trinajstić information content (AvgIpc) is 2.26. The number of hydrogen-bond donors (Lipinski definition) is 2. The molecule has 0 aliphatic heterocycles. The van der Waals surface area contributed by atoms with Gasteiger partial charge in [0.05, 0.1) is 5.92 Å². The zero-order chi connectivity index (χ0) is 12.7. The average molecular weight is 232 g/mol. The van der Waals surface area contributed by atoms with Crippen molar-refractivity contribution in [1.82, 2.24) is 4.90 Å². The van der Waals surface area contributed by atoms with Gasteiger partial charge >= 0.3 is 5.97 Å². The van der Waals surface area contributed by atoms with Gasteiger partial charge in [-0.1, -0.05) is 6.92 Å². The van der Waals surface area contributed by atoms with Crippen molar-refractivity contribution in [3.8, 4) is 0 Å². The van der Waals surface area contributed by atoms with E-state index >= 15 is 0 Å². The Bertz CT molecular complexity index is 241. The summed E-state index contributed by atoms with van der Waals surface area (Å²) in [6.07, 6.45) is -0.694. The number of amides is 1. The van der Waals surface area contributed by atoms with Crippen molar-refractivity contribution in [3.05, 3.63) is 0 Å². The minimum Gasteiger partial charge on any atom is -0.481 e. The molecule has 1 amide bonds. The minimum atomic E-state index is -0.923. The van der Waals surface area contributed by atoms with E-state index in [0.29, 0.717) is 6.54 Å². The fourth-order valence-electron chi connectivity index (χ4n) is 1.29. The third kappa shape index (κ3) is 4.16. The summed E-state index contributed by atoms with van der Waals surface area (Å²) in [4.78, 5) is 24.0. The van der Waals surface area contributed by atoms with E-state index in [1.165, 1.54) is 12.0 Å². The molecule has 16 heavy (non-hydrogen) atoms. The van der Waals surface area contributed by atoms with Crippen LogP contribution in [-0.4, -0.2) is 54.7 Å². The third-order valence-corrected chi connectivity index (χ3v) is 2.38. The van der Waals surface area contributed by atoms with Gasteiger partial charge in [-0.15, -0.1) is 0 Å². The van der Waals surface area contributed by atoms with Crippen LogP contribution in [0.15, 0.2) is 0 Å². The Morgan fingerprint density at radius 1 is 1.50 bits per heavy atom. The van der Waals surface area contributed by atoms with Gasteiger partial charge in [0.25, 0.3) is 5.91 Å². The number of nitrogens with zero attached hydrogens (tertiary/aromatic N) is 1. The molecule has 2 atom stereocenters. The number of carbonyl (C=O) groups is 2. The number of carboxylic acid groups (broad SMARTS) is 1. The van der Waals surface area contributed by atoms with Crippen molar-refractivity contribution >= 4 is 11.9 Å². The molecule has 0 aromatic rings. The molecule has 94 valence electrons. The van der Waals surface area contributed by atoms with Crippen LogP contribution in [-0.2, 0) is 14.3 Å². The highest BCUT2D eigenvalue weighted by molar-refractivity contribution is 5.81. The van der Waals surface area contributed by atoms with E-state index in [1.807, 2.05) is 0 Å². The van der Waals surface area contributed by atoms with Crippen LogP contribution in [0, 0.1) is 5.92 Å². The lowest BCUT2D eigenvalue weighted by molar-refractivity contribution is -0.146. The van der Waals surface area contributed by atoms with Crippen molar-refractivity contribution in [2.75, 3.05) is 26.7 Å². The smallest absolute Gasteiger partial charge is 0.308 e. The lowest BCUT2D eigenvalue weighted by Crippen LogP contribution is -2.46. The highest BCUT2D eigenvalue weighted by atomic mass is 16.5. The van der Waals surface area contributed by atoms with Crippen LogP contribution < -0.4 is 5.73 Å². The number of rotatable bonds is 7. The van der Waals surface area contributed by atoms with Gasteiger partial charge in [-0.3, -0.25) is 9.59 Å². The molecule has 0 heterocycles. The fourth-order valence-corrected chi connectivity index (χ4v) is 1.29. The third-order valence-electron chi connectivity index (χ3n) is 2.38. The Hall–Kier alpha value is -1.14. The molecular weight excluding hydrogens is 212 g/mol. The molecule has 0 saturated carbocycles. The van der Waals surface area contributed by atoms with Crippen LogP contribution in [0.5, 0.6) is 0 Å². The maximum absolute atomic E-state index is 11.8. The maximum Gasteiger partial charge on any atom is 0.308 e. The molecule has 0 aliphatic carbocycles. The standard InChI is InChI=1S/C10H20N2O4/c1-4-12(6-7(2)10(14)15)9(13)8(5-11)16-3/h7-8H,4-6,11H2,1-3H3,(H,14,15). The lowest BCUT2D eigenvalue weighted by Gasteiger charge is -2.26. The van der Waals surface area contributed by atoms with Gasteiger partial charge in [-0.25, -0.2) is 0 Å². The van der Waals surface area contributed by atoms with E-state index < -0.39 is 18.0 Å². The van der Waals surface area contributed by atoms with Crippen LogP contribution in [0.3, 0.4) is 0 Å². The fraction of sp³-hybridized carbons (Fsp3) is 0.800. The topological polar surface area (TPSA) is 92.9 Å². The van der Waals surface area contributed by atoms with E-state index in [0.717, 1.165) is 0 Å². The first kappa shape index (κ1) is 14.9. The predicted octanol–water partition coefficient (Wildman–Crippen LogP) is -0.471. The molecule has 2 unspecified atom stereocenters. The zero-order valence-corrected chi connectivity index (χ0v) is 9.97. The predicted molar refractivity (Wildman–Crippen MR) is 58.9 cm³/mol. The summed E-state index contributed by atoms with van der Waals surface area (Å²) in [6, 6.07) is 0. The molecule has 0 rings (SSSR count). The molecule has 0 fully saturated rings. The number of likely N-dealkylation sites (N-methyl/N-ethyl adjacent to an activating group) is 1. The molecule has 6 heteroatoms. The Morgan fingerprint density at radius 3 is 2.38 bits per heavy atom. The maximum atomic E-state index is 11.8. The highest BCUT2D eigenvalue weighted by Gasteiger charge is 2.24. The van der Waals surface area contributed by atoms with Gasteiger partial charge in [0.2, 0.25) is 0 Å². The molecule has 0 aliphatic rings. The van der Waals surface area contributed by atoms with Gasteiger partial charge in [0, 0.05) is 26.7 Å². The number of hydrogen-bond acceptors (Lipinski definition) is 4. The van der Waals surface area contributed by atoms with Crippen molar-refractivity contribution in [3.63, 3.8) is 0 Å². The molecule has 0 aromatic heterocycles. The second-order valence-electron chi connectivity index (χ2n) is 3.58. The van der Waals surface area contributed by atoms with Crippen LogP contribution in [0.1, 0.15) is 13.8 Å². The summed E-state index contributed by atoms with van der Waals surface area (Å²) in [5.74, 6) is -1.78. The highest BCUT2D eigenvalue weighted by Crippen LogP contribution is 2.04. The zero-order valence-electron chi connectivity index (χ0n) is 9.97.